The van der Waals surface area contributed by atoms with Crippen molar-refractivity contribution in [3.05, 3.63) is 54.2 Å². The van der Waals surface area contributed by atoms with Gasteiger partial charge in [0.15, 0.2) is 0 Å². The van der Waals surface area contributed by atoms with Crippen LogP contribution >= 0.6 is 0 Å². The molecule has 5 nitrogen and oxygen atoms in total. The molecule has 2 heterocycles. The van der Waals surface area contributed by atoms with Crippen molar-refractivity contribution in [1.82, 2.24) is 9.88 Å². The van der Waals surface area contributed by atoms with Crippen LogP contribution in [0.25, 0.3) is 0 Å². The van der Waals surface area contributed by atoms with Crippen LogP contribution in [0.4, 0.5) is 5.82 Å². The zero-order chi connectivity index (χ0) is 17.1. The summed E-state index contributed by atoms with van der Waals surface area (Å²) in [5.41, 5.74) is 0.709. The normalized spacial score (nSPS) is 18.0. The lowest BCUT2D eigenvalue weighted by Gasteiger charge is -2.32. The van der Waals surface area contributed by atoms with Crippen molar-refractivity contribution in [1.29, 1.82) is 0 Å². The maximum absolute atomic E-state index is 12.7. The highest BCUT2D eigenvalue weighted by molar-refractivity contribution is 5.94. The molecule has 1 aliphatic heterocycles. The number of hydrogen-bond acceptors (Lipinski definition) is 4. The van der Waals surface area contributed by atoms with E-state index in [4.69, 9.17) is 4.74 Å². The van der Waals surface area contributed by atoms with E-state index in [2.05, 4.69) is 10.3 Å². The van der Waals surface area contributed by atoms with Crippen molar-refractivity contribution in [2.75, 3.05) is 18.4 Å². The minimum Gasteiger partial charge on any atom is -0.490 e. The van der Waals surface area contributed by atoms with Crippen molar-refractivity contribution >= 4 is 11.7 Å². The molecule has 0 spiro atoms. The topological polar surface area (TPSA) is 54.5 Å². The smallest absolute Gasteiger partial charge is 0.254 e. The van der Waals surface area contributed by atoms with E-state index in [-0.39, 0.29) is 12.0 Å². The third kappa shape index (κ3) is 4.10. The van der Waals surface area contributed by atoms with Crippen LogP contribution in [0.5, 0.6) is 5.75 Å². The largest absolute Gasteiger partial charge is 0.490 e. The van der Waals surface area contributed by atoms with Crippen LogP contribution < -0.4 is 10.1 Å². The minimum atomic E-state index is 0.0828. The number of para-hydroxylation sites is 1. The molecular formula is C20H23N3O2. The Morgan fingerprint density at radius 3 is 2.56 bits per heavy atom. The molecule has 1 saturated heterocycles. The highest BCUT2D eigenvalue weighted by Gasteiger charge is 2.26. The third-order valence-corrected chi connectivity index (χ3v) is 4.71. The summed E-state index contributed by atoms with van der Waals surface area (Å²) >= 11 is 0. The molecule has 0 atom stereocenters. The number of pyridine rings is 1. The summed E-state index contributed by atoms with van der Waals surface area (Å²) in [5, 5.41) is 3.35. The first kappa shape index (κ1) is 15.9. The fourth-order valence-corrected chi connectivity index (χ4v) is 3.13. The number of rotatable bonds is 5. The van der Waals surface area contributed by atoms with E-state index in [0.29, 0.717) is 11.6 Å². The summed E-state index contributed by atoms with van der Waals surface area (Å²) in [4.78, 5) is 19.0. The second-order valence-electron chi connectivity index (χ2n) is 6.77. The molecule has 0 radical (unpaired) electrons. The highest BCUT2D eigenvalue weighted by atomic mass is 16.5. The molecule has 2 aromatic rings. The predicted octanol–water partition coefficient (Wildman–Crippen LogP) is 3.34. The molecule has 2 aliphatic rings. The van der Waals surface area contributed by atoms with Gasteiger partial charge in [-0.25, -0.2) is 4.98 Å². The Balaban J connectivity index is 1.33. The molecule has 1 saturated carbocycles. The number of ether oxygens (including phenoxy) is 1. The van der Waals surface area contributed by atoms with Crippen LogP contribution in [-0.4, -0.2) is 41.0 Å². The van der Waals surface area contributed by atoms with E-state index in [1.54, 1.807) is 12.3 Å². The molecule has 1 aromatic heterocycles. The maximum Gasteiger partial charge on any atom is 0.254 e. The molecule has 25 heavy (non-hydrogen) atoms. The second-order valence-corrected chi connectivity index (χ2v) is 6.77. The van der Waals surface area contributed by atoms with E-state index in [1.165, 1.54) is 12.8 Å². The summed E-state index contributed by atoms with van der Waals surface area (Å²) in [6, 6.07) is 14.1. The Labute approximate surface area is 148 Å². The molecule has 130 valence electrons. The van der Waals surface area contributed by atoms with Gasteiger partial charge < -0.3 is 15.0 Å². The van der Waals surface area contributed by atoms with Crippen LogP contribution in [-0.2, 0) is 0 Å². The first-order valence-electron chi connectivity index (χ1n) is 9.01. The Kier molecular flexibility index (Phi) is 4.55. The number of anilines is 1. The van der Waals surface area contributed by atoms with E-state index in [9.17, 15) is 4.79 Å². The van der Waals surface area contributed by atoms with Crippen molar-refractivity contribution in [3.8, 4) is 5.75 Å². The van der Waals surface area contributed by atoms with Gasteiger partial charge in [0.25, 0.3) is 5.91 Å². The molecular weight excluding hydrogens is 314 g/mol. The zero-order valence-electron chi connectivity index (χ0n) is 14.2. The van der Waals surface area contributed by atoms with Crippen LogP contribution in [0.1, 0.15) is 36.0 Å². The molecule has 0 bridgehead atoms. The van der Waals surface area contributed by atoms with Gasteiger partial charge >= 0.3 is 0 Å². The number of nitrogens with zero attached hydrogens (tertiary/aromatic N) is 2. The van der Waals surface area contributed by atoms with Gasteiger partial charge in [-0.3, -0.25) is 4.79 Å². The zero-order valence-corrected chi connectivity index (χ0v) is 14.2. The van der Waals surface area contributed by atoms with Gasteiger partial charge in [0.05, 0.1) is 0 Å². The van der Waals surface area contributed by atoms with E-state index < -0.39 is 0 Å². The minimum absolute atomic E-state index is 0.0828. The second kappa shape index (κ2) is 7.13. The fourth-order valence-electron chi connectivity index (χ4n) is 3.13. The van der Waals surface area contributed by atoms with Crippen molar-refractivity contribution in [2.45, 2.75) is 37.8 Å². The van der Waals surface area contributed by atoms with Crippen molar-refractivity contribution in [3.63, 3.8) is 0 Å². The number of hydrogen-bond donors (Lipinski definition) is 1. The average Bonchev–Trinajstić information content (AvgIpc) is 3.47. The van der Waals surface area contributed by atoms with Gasteiger partial charge in [-0.1, -0.05) is 18.2 Å². The Hall–Kier alpha value is -2.56. The summed E-state index contributed by atoms with van der Waals surface area (Å²) < 4.78 is 6.00. The van der Waals surface area contributed by atoms with Crippen LogP contribution in [0, 0.1) is 0 Å². The number of likely N-dealkylation sites (tertiary alicyclic amines) is 1. The average molecular weight is 337 g/mol. The van der Waals surface area contributed by atoms with E-state index in [1.807, 2.05) is 41.3 Å². The van der Waals surface area contributed by atoms with E-state index in [0.717, 1.165) is 37.5 Å². The molecule has 1 N–H and O–H groups in total. The highest BCUT2D eigenvalue weighted by Crippen LogP contribution is 2.24. The van der Waals surface area contributed by atoms with Crippen LogP contribution in [0.3, 0.4) is 0 Å². The molecule has 5 heteroatoms. The lowest BCUT2D eigenvalue weighted by Crippen LogP contribution is -2.41. The predicted molar refractivity (Wildman–Crippen MR) is 96.9 cm³/mol. The quantitative estimate of drug-likeness (QED) is 0.909. The number of benzene rings is 1. The monoisotopic (exact) mass is 337 g/mol. The summed E-state index contributed by atoms with van der Waals surface area (Å²) in [5.74, 6) is 1.78. The number of aromatic nitrogens is 1. The first-order valence-corrected chi connectivity index (χ1v) is 9.01. The van der Waals surface area contributed by atoms with Crippen LogP contribution in [0.15, 0.2) is 48.7 Å². The number of nitrogens with one attached hydrogen (secondary N) is 1. The number of carbonyl (C=O) groups is 1. The molecule has 0 unspecified atom stereocenters. The lowest BCUT2D eigenvalue weighted by atomic mass is 10.1. The molecule has 1 amide bonds. The summed E-state index contributed by atoms with van der Waals surface area (Å²) in [7, 11) is 0. The van der Waals surface area contributed by atoms with Gasteiger partial charge in [0.1, 0.15) is 17.7 Å². The van der Waals surface area contributed by atoms with Gasteiger partial charge in [0, 0.05) is 43.7 Å². The van der Waals surface area contributed by atoms with Crippen molar-refractivity contribution in [2.24, 2.45) is 0 Å². The van der Waals surface area contributed by atoms with Gasteiger partial charge in [-0.2, -0.15) is 0 Å². The standard InChI is InChI=1S/C20H23N3O2/c24-20(15-8-11-21-19(14-15)22-16-6-7-16)23-12-9-18(10-13-23)25-17-4-2-1-3-5-17/h1-5,8,11,14,16,18H,6-7,9-10,12-13H2,(H,21,22). The van der Waals surface area contributed by atoms with Crippen LogP contribution in [0.2, 0.25) is 0 Å². The molecule has 4 rings (SSSR count). The van der Waals surface area contributed by atoms with Crippen molar-refractivity contribution < 1.29 is 9.53 Å². The van der Waals surface area contributed by atoms with Gasteiger partial charge in [-0.05, 0) is 37.1 Å². The third-order valence-electron chi connectivity index (χ3n) is 4.71. The summed E-state index contributed by atoms with van der Waals surface area (Å²) in [6.07, 6.45) is 5.99. The summed E-state index contributed by atoms with van der Waals surface area (Å²) in [6.45, 7) is 1.45. The number of piperidine rings is 1. The lowest BCUT2D eigenvalue weighted by molar-refractivity contribution is 0.0595. The Morgan fingerprint density at radius 1 is 1.08 bits per heavy atom. The molecule has 1 aromatic carbocycles. The molecule has 2 fully saturated rings. The van der Waals surface area contributed by atoms with Gasteiger partial charge in [-0.15, -0.1) is 0 Å². The number of amides is 1. The molecule has 1 aliphatic carbocycles. The fraction of sp³-hybridized carbons (Fsp3) is 0.400. The Morgan fingerprint density at radius 2 is 1.84 bits per heavy atom. The SMILES string of the molecule is O=C(c1ccnc(NC2CC2)c1)N1CCC(Oc2ccccc2)CC1. The van der Waals surface area contributed by atoms with E-state index >= 15 is 0 Å². The number of carbonyl (C=O) groups excluding carboxylic acids is 1. The Bertz CT molecular complexity index is 723. The maximum atomic E-state index is 12.7. The first-order chi connectivity index (χ1) is 12.3. The van der Waals surface area contributed by atoms with Gasteiger partial charge in [0.2, 0.25) is 0 Å².